The number of hydrogen-bond acceptors (Lipinski definition) is 1. The zero-order chi connectivity index (χ0) is 18.6. The summed E-state index contributed by atoms with van der Waals surface area (Å²) in [6.07, 6.45) is 0.283. The molecule has 2 heteroatoms. The van der Waals surface area contributed by atoms with Gasteiger partial charge in [0.15, 0.2) is 0 Å². The zero-order valence-electron chi connectivity index (χ0n) is 18.0. The molecule has 0 amide bonds. The summed E-state index contributed by atoms with van der Waals surface area (Å²) >= 11 is 0. The van der Waals surface area contributed by atoms with E-state index in [1.807, 2.05) is 0 Å². The summed E-state index contributed by atoms with van der Waals surface area (Å²) in [5.41, 5.74) is 5.24. The van der Waals surface area contributed by atoms with Crippen molar-refractivity contribution in [1.82, 2.24) is 0 Å². The molecular weight excluding hydrogens is 296 g/mol. The van der Waals surface area contributed by atoms with Gasteiger partial charge in [-0.05, 0) is 65.1 Å². The van der Waals surface area contributed by atoms with Crippen LogP contribution in [-0.4, -0.2) is 14.4 Å². The normalized spacial score (nSPS) is 18.0. The minimum Gasteiger partial charge on any atom is -0.411 e. The number of allylic oxidation sites excluding steroid dienone is 4. The van der Waals surface area contributed by atoms with Crippen LogP contribution in [0.3, 0.4) is 0 Å². The summed E-state index contributed by atoms with van der Waals surface area (Å²) in [4.78, 5) is 0. The van der Waals surface area contributed by atoms with Gasteiger partial charge in [-0.15, -0.1) is 0 Å². The molecule has 0 spiro atoms. The van der Waals surface area contributed by atoms with E-state index in [1.54, 1.807) is 21.9 Å². The molecule has 1 rings (SSSR count). The maximum absolute atomic E-state index is 6.50. The highest BCUT2D eigenvalue weighted by atomic mass is 28.4. The van der Waals surface area contributed by atoms with Crippen LogP contribution in [0.15, 0.2) is 21.9 Å². The Balaban J connectivity index is 3.65. The summed E-state index contributed by atoms with van der Waals surface area (Å²) < 4.78 is 6.50. The third kappa shape index (κ3) is 4.20. The standard InChI is InChI=1S/C21H40OSi/c1-14(2)22-23(12,13)18-16(20(6,7)8)15(19(3,4)5)17(18)21(9,10)11/h14H,1-13H3. The van der Waals surface area contributed by atoms with E-state index in [4.69, 9.17) is 4.43 Å². The lowest BCUT2D eigenvalue weighted by atomic mass is 9.60. The van der Waals surface area contributed by atoms with E-state index in [1.165, 1.54) is 0 Å². The molecule has 0 atom stereocenters. The Morgan fingerprint density at radius 1 is 0.652 bits per heavy atom. The summed E-state index contributed by atoms with van der Waals surface area (Å²) in [7, 11) is -1.93. The molecule has 0 radical (unpaired) electrons. The second-order valence-electron chi connectivity index (χ2n) is 10.9. The van der Waals surface area contributed by atoms with Gasteiger partial charge in [-0.2, -0.15) is 0 Å². The van der Waals surface area contributed by atoms with E-state index in [2.05, 4.69) is 89.3 Å². The van der Waals surface area contributed by atoms with Crippen molar-refractivity contribution in [2.24, 2.45) is 16.2 Å². The maximum atomic E-state index is 6.50. The maximum Gasteiger partial charge on any atom is 0.219 e. The van der Waals surface area contributed by atoms with Gasteiger partial charge in [-0.1, -0.05) is 62.3 Å². The first-order chi connectivity index (χ1) is 9.90. The number of hydrogen-bond donors (Lipinski definition) is 0. The third-order valence-corrected chi connectivity index (χ3v) is 7.15. The molecule has 1 aliphatic rings. The molecule has 0 aliphatic heterocycles. The Hall–Kier alpha value is -0.343. The van der Waals surface area contributed by atoms with Crippen LogP contribution in [0, 0.1) is 16.2 Å². The van der Waals surface area contributed by atoms with Gasteiger partial charge in [0.25, 0.3) is 0 Å². The predicted molar refractivity (Wildman–Crippen MR) is 106 cm³/mol. The highest BCUT2D eigenvalue weighted by Gasteiger charge is 2.50. The highest BCUT2D eigenvalue weighted by Crippen LogP contribution is 2.59. The van der Waals surface area contributed by atoms with Gasteiger partial charge in [0, 0.05) is 6.10 Å². The monoisotopic (exact) mass is 336 g/mol. The second-order valence-corrected chi connectivity index (χ2v) is 14.7. The van der Waals surface area contributed by atoms with Crippen LogP contribution in [-0.2, 0) is 4.43 Å². The average molecular weight is 337 g/mol. The van der Waals surface area contributed by atoms with Crippen LogP contribution < -0.4 is 0 Å². The summed E-state index contributed by atoms with van der Waals surface area (Å²) in [5.74, 6) is 0. The fourth-order valence-corrected chi connectivity index (χ4v) is 7.44. The van der Waals surface area contributed by atoms with Crippen molar-refractivity contribution in [3.05, 3.63) is 21.9 Å². The lowest BCUT2D eigenvalue weighted by Crippen LogP contribution is -2.47. The number of rotatable bonds is 3. The smallest absolute Gasteiger partial charge is 0.219 e. The van der Waals surface area contributed by atoms with Gasteiger partial charge in [0.2, 0.25) is 8.32 Å². The van der Waals surface area contributed by atoms with Crippen molar-refractivity contribution in [2.75, 3.05) is 0 Å². The van der Waals surface area contributed by atoms with E-state index in [0.717, 1.165) is 0 Å². The molecule has 1 nitrogen and oxygen atoms in total. The van der Waals surface area contributed by atoms with E-state index in [-0.39, 0.29) is 22.3 Å². The van der Waals surface area contributed by atoms with Crippen molar-refractivity contribution < 1.29 is 4.43 Å². The first-order valence-corrected chi connectivity index (χ1v) is 12.0. The largest absolute Gasteiger partial charge is 0.411 e. The Morgan fingerprint density at radius 2 is 1.00 bits per heavy atom. The topological polar surface area (TPSA) is 9.23 Å². The van der Waals surface area contributed by atoms with Crippen molar-refractivity contribution in [3.63, 3.8) is 0 Å². The minimum atomic E-state index is -1.93. The van der Waals surface area contributed by atoms with Crippen LogP contribution in [0.25, 0.3) is 0 Å². The van der Waals surface area contributed by atoms with Gasteiger partial charge in [-0.25, -0.2) is 0 Å². The summed E-state index contributed by atoms with van der Waals surface area (Å²) in [6, 6.07) is 0. The van der Waals surface area contributed by atoms with Gasteiger partial charge in [0.1, 0.15) is 0 Å². The summed E-state index contributed by atoms with van der Waals surface area (Å²) in [5, 5.41) is 1.58. The van der Waals surface area contributed by atoms with Gasteiger partial charge in [-0.3, -0.25) is 0 Å². The van der Waals surface area contributed by atoms with Crippen molar-refractivity contribution in [2.45, 2.75) is 95.4 Å². The van der Waals surface area contributed by atoms with Crippen LogP contribution in [0.2, 0.25) is 13.1 Å². The van der Waals surface area contributed by atoms with E-state index in [0.29, 0.717) is 0 Å². The molecule has 0 aromatic carbocycles. The molecule has 0 heterocycles. The quantitative estimate of drug-likeness (QED) is 0.509. The lowest BCUT2D eigenvalue weighted by Gasteiger charge is -2.52. The van der Waals surface area contributed by atoms with E-state index < -0.39 is 8.32 Å². The van der Waals surface area contributed by atoms with Gasteiger partial charge < -0.3 is 4.43 Å². The van der Waals surface area contributed by atoms with E-state index in [9.17, 15) is 0 Å². The zero-order valence-corrected chi connectivity index (χ0v) is 19.0. The Bertz CT molecular complexity index is 526. The Kier molecular flexibility index (Phi) is 5.29. The lowest BCUT2D eigenvalue weighted by molar-refractivity contribution is 0.234. The molecule has 23 heavy (non-hydrogen) atoms. The van der Waals surface area contributed by atoms with Gasteiger partial charge >= 0.3 is 0 Å². The molecule has 134 valence electrons. The van der Waals surface area contributed by atoms with E-state index >= 15 is 0 Å². The molecule has 0 bridgehead atoms. The molecule has 0 saturated heterocycles. The molecule has 0 unspecified atom stereocenters. The fraction of sp³-hybridized carbons (Fsp3) is 0.810. The highest BCUT2D eigenvalue weighted by molar-refractivity contribution is 6.80. The van der Waals surface area contributed by atoms with Crippen LogP contribution >= 0.6 is 0 Å². The first-order valence-electron chi connectivity index (χ1n) is 9.09. The average Bonchev–Trinajstić information content (AvgIpc) is 2.02. The molecule has 1 aliphatic carbocycles. The van der Waals surface area contributed by atoms with Crippen molar-refractivity contribution >= 4 is 8.32 Å². The molecule has 0 saturated carbocycles. The summed E-state index contributed by atoms with van der Waals surface area (Å²) in [6.45, 7) is 30.3. The third-order valence-electron chi connectivity index (χ3n) is 4.38. The van der Waals surface area contributed by atoms with Crippen LogP contribution in [0.5, 0.6) is 0 Å². The fourth-order valence-electron chi connectivity index (χ4n) is 3.94. The molecule has 0 aromatic rings. The van der Waals surface area contributed by atoms with Gasteiger partial charge in [0.05, 0.1) is 0 Å². The molecular formula is C21H40OSi. The minimum absolute atomic E-state index is 0.164. The molecule has 0 fully saturated rings. The second kappa shape index (κ2) is 5.88. The Labute approximate surface area is 146 Å². The van der Waals surface area contributed by atoms with Crippen molar-refractivity contribution in [1.29, 1.82) is 0 Å². The first kappa shape index (κ1) is 20.7. The molecule has 0 aromatic heterocycles. The molecule has 0 N–H and O–H groups in total. The van der Waals surface area contributed by atoms with Crippen LogP contribution in [0.4, 0.5) is 0 Å². The SMILES string of the molecule is CC(C)O[Si](C)(C)C1=C(C(C)(C)C)C(C(C)(C)C)=C1C(C)(C)C. The van der Waals surface area contributed by atoms with Crippen LogP contribution in [0.1, 0.15) is 76.2 Å². The van der Waals surface area contributed by atoms with Crippen molar-refractivity contribution in [3.8, 4) is 0 Å². The Morgan fingerprint density at radius 3 is 1.26 bits per heavy atom. The predicted octanol–water partition coefficient (Wildman–Crippen LogP) is 6.90.